The van der Waals surface area contributed by atoms with Crippen LogP contribution in [0.15, 0.2) is 36.4 Å². The van der Waals surface area contributed by atoms with E-state index in [1.165, 1.54) is 33.8 Å². The number of nitrogens with one attached hydrogen (secondary N) is 1. The monoisotopic (exact) mass is 341 g/mol. The van der Waals surface area contributed by atoms with Gasteiger partial charge in [0.15, 0.2) is 6.04 Å². The molecule has 1 aromatic carbocycles. The van der Waals surface area contributed by atoms with E-state index in [1.807, 2.05) is 6.08 Å². The van der Waals surface area contributed by atoms with Crippen molar-refractivity contribution in [1.82, 2.24) is 5.32 Å². The molecule has 1 aliphatic rings. The summed E-state index contributed by atoms with van der Waals surface area (Å²) in [6, 6.07) is 5.58. The molecule has 0 heterocycles. The van der Waals surface area contributed by atoms with Crippen molar-refractivity contribution < 1.29 is 19.4 Å². The highest BCUT2D eigenvalue weighted by Crippen LogP contribution is 2.29. The maximum Gasteiger partial charge on any atom is 0.331 e. The first-order valence-corrected chi connectivity index (χ1v) is 8.20. The first kappa shape index (κ1) is 18.8. The van der Waals surface area contributed by atoms with Gasteiger partial charge in [0.05, 0.1) is 12.7 Å². The highest BCUT2D eigenvalue weighted by atomic mass is 16.5. The summed E-state index contributed by atoms with van der Waals surface area (Å²) in [4.78, 5) is 24.1. The Kier molecular flexibility index (Phi) is 6.00. The van der Waals surface area contributed by atoms with Gasteiger partial charge in [0.25, 0.3) is 5.91 Å². The van der Waals surface area contributed by atoms with Crippen LogP contribution in [0.4, 0.5) is 0 Å². The van der Waals surface area contributed by atoms with Crippen LogP contribution in [0.5, 0.6) is 0 Å². The molecule has 0 radical (unpaired) electrons. The zero-order valence-electron chi connectivity index (χ0n) is 14.7. The third kappa shape index (κ3) is 5.77. The summed E-state index contributed by atoms with van der Waals surface area (Å²) in [5.41, 5.74) is -0.275. The summed E-state index contributed by atoms with van der Waals surface area (Å²) in [5.74, 6) is 5.50. The number of benzene rings is 1. The van der Waals surface area contributed by atoms with Crippen LogP contribution in [0.3, 0.4) is 0 Å². The first-order valence-electron chi connectivity index (χ1n) is 8.20. The molecule has 0 saturated heterocycles. The number of rotatable bonds is 5. The highest BCUT2D eigenvalue weighted by Gasteiger charge is 2.35. The standard InChI is InChI=1S/C20H23NO4/c1-20(2,24)17(19(23)25-3)21-18(22)16-12-10-15(11-13-16)7-5-4-6-14-8-9-14/h4,6,10-14,17,24H,8-9H2,1-3H3,(H,21,22)/t17-/m1/s1. The number of aliphatic hydroxyl groups is 1. The van der Waals surface area contributed by atoms with Crippen molar-refractivity contribution in [3.63, 3.8) is 0 Å². The second kappa shape index (κ2) is 8.00. The quantitative estimate of drug-likeness (QED) is 0.635. The Morgan fingerprint density at radius 1 is 1.32 bits per heavy atom. The van der Waals surface area contributed by atoms with E-state index in [9.17, 15) is 14.7 Å². The molecule has 0 aliphatic heterocycles. The Hall–Kier alpha value is -2.58. The Balaban J connectivity index is 2.02. The van der Waals surface area contributed by atoms with Crippen LogP contribution in [0.1, 0.15) is 42.6 Å². The maximum absolute atomic E-state index is 12.3. The van der Waals surface area contributed by atoms with E-state index in [-0.39, 0.29) is 0 Å². The minimum absolute atomic E-state index is 0.372. The minimum Gasteiger partial charge on any atom is -0.467 e. The Morgan fingerprint density at radius 2 is 1.96 bits per heavy atom. The molecule has 5 nitrogen and oxygen atoms in total. The highest BCUT2D eigenvalue weighted by molar-refractivity contribution is 5.97. The molecule has 2 rings (SSSR count). The number of hydrogen-bond donors (Lipinski definition) is 2. The summed E-state index contributed by atoms with van der Waals surface area (Å²) < 4.78 is 4.63. The van der Waals surface area contributed by atoms with Crippen LogP contribution in [0.2, 0.25) is 0 Å². The number of esters is 1. The number of ether oxygens (including phenoxy) is 1. The largest absolute Gasteiger partial charge is 0.467 e. The van der Waals surface area contributed by atoms with Crippen LogP contribution in [0, 0.1) is 17.8 Å². The van der Waals surface area contributed by atoms with Crippen molar-refractivity contribution >= 4 is 11.9 Å². The molecule has 1 aromatic rings. The van der Waals surface area contributed by atoms with Gasteiger partial charge in [-0.1, -0.05) is 17.9 Å². The lowest BCUT2D eigenvalue weighted by Gasteiger charge is -2.27. The van der Waals surface area contributed by atoms with Gasteiger partial charge < -0.3 is 15.2 Å². The fourth-order valence-corrected chi connectivity index (χ4v) is 2.16. The Bertz CT molecular complexity index is 713. The van der Waals surface area contributed by atoms with E-state index in [0.29, 0.717) is 11.5 Å². The molecule has 1 fully saturated rings. The fourth-order valence-electron chi connectivity index (χ4n) is 2.16. The SMILES string of the molecule is COC(=O)[C@@H](NC(=O)c1ccc(C#CC=CC2CC2)cc1)C(C)(C)O. The van der Waals surface area contributed by atoms with E-state index >= 15 is 0 Å². The predicted octanol–water partition coefficient (Wildman–Crippen LogP) is 2.05. The van der Waals surface area contributed by atoms with Gasteiger partial charge in [-0.25, -0.2) is 4.79 Å². The van der Waals surface area contributed by atoms with Crippen molar-refractivity contribution in [2.45, 2.75) is 38.3 Å². The van der Waals surface area contributed by atoms with Gasteiger partial charge in [-0.3, -0.25) is 4.79 Å². The topological polar surface area (TPSA) is 75.6 Å². The molecule has 0 spiro atoms. The van der Waals surface area contributed by atoms with Gasteiger partial charge >= 0.3 is 5.97 Å². The van der Waals surface area contributed by atoms with E-state index in [0.717, 1.165) is 5.56 Å². The smallest absolute Gasteiger partial charge is 0.331 e. The lowest BCUT2D eigenvalue weighted by Crippen LogP contribution is -2.54. The molecule has 1 saturated carbocycles. The average molecular weight is 341 g/mol. The Labute approximate surface area is 148 Å². The van der Waals surface area contributed by atoms with Crippen molar-refractivity contribution in [3.8, 4) is 11.8 Å². The molecular weight excluding hydrogens is 318 g/mol. The van der Waals surface area contributed by atoms with Crippen molar-refractivity contribution in [3.05, 3.63) is 47.5 Å². The van der Waals surface area contributed by atoms with E-state index in [1.54, 1.807) is 24.3 Å². The number of methoxy groups -OCH3 is 1. The van der Waals surface area contributed by atoms with Gasteiger partial charge in [-0.2, -0.15) is 0 Å². The van der Waals surface area contributed by atoms with Crippen LogP contribution in [-0.4, -0.2) is 35.7 Å². The molecule has 1 aliphatic carbocycles. The second-order valence-electron chi connectivity index (χ2n) is 6.63. The molecule has 0 aromatic heterocycles. The van der Waals surface area contributed by atoms with Gasteiger partial charge in [0.1, 0.15) is 0 Å². The minimum atomic E-state index is -1.44. The van der Waals surface area contributed by atoms with E-state index in [4.69, 9.17) is 0 Å². The summed E-state index contributed by atoms with van der Waals surface area (Å²) in [6.45, 7) is 2.87. The van der Waals surface area contributed by atoms with Crippen LogP contribution in [0.25, 0.3) is 0 Å². The second-order valence-corrected chi connectivity index (χ2v) is 6.63. The molecule has 2 N–H and O–H groups in total. The average Bonchev–Trinajstić information content (AvgIpc) is 3.39. The van der Waals surface area contributed by atoms with E-state index < -0.39 is 23.5 Å². The number of carbonyl (C=O) groups is 2. The lowest BCUT2D eigenvalue weighted by atomic mass is 9.98. The van der Waals surface area contributed by atoms with Crippen LogP contribution >= 0.6 is 0 Å². The number of hydrogen-bond acceptors (Lipinski definition) is 4. The van der Waals surface area contributed by atoms with Gasteiger partial charge in [0, 0.05) is 11.1 Å². The third-order valence-corrected chi connectivity index (χ3v) is 3.86. The third-order valence-electron chi connectivity index (χ3n) is 3.86. The van der Waals surface area contributed by atoms with Gasteiger partial charge in [-0.05, 0) is 62.9 Å². The van der Waals surface area contributed by atoms with Crippen molar-refractivity contribution in [1.29, 1.82) is 0 Å². The summed E-state index contributed by atoms with van der Waals surface area (Å²) in [6.07, 6.45) is 6.47. The molecule has 0 bridgehead atoms. The molecule has 132 valence electrons. The molecule has 5 heteroatoms. The van der Waals surface area contributed by atoms with Gasteiger partial charge in [-0.15, -0.1) is 0 Å². The first-order chi connectivity index (χ1) is 11.8. The maximum atomic E-state index is 12.3. The summed E-state index contributed by atoms with van der Waals surface area (Å²) >= 11 is 0. The number of carbonyl (C=O) groups excluding carboxylic acids is 2. The normalized spacial score (nSPS) is 15.2. The lowest BCUT2D eigenvalue weighted by molar-refractivity contribution is -0.148. The zero-order chi connectivity index (χ0) is 18.4. The number of amides is 1. The van der Waals surface area contributed by atoms with Crippen molar-refractivity contribution in [2.75, 3.05) is 7.11 Å². The van der Waals surface area contributed by atoms with E-state index in [2.05, 4.69) is 28.0 Å². The molecule has 0 unspecified atom stereocenters. The zero-order valence-corrected chi connectivity index (χ0v) is 14.7. The summed E-state index contributed by atoms with van der Waals surface area (Å²) in [5, 5.41) is 12.5. The van der Waals surface area contributed by atoms with Crippen molar-refractivity contribution in [2.24, 2.45) is 5.92 Å². The van der Waals surface area contributed by atoms with Gasteiger partial charge in [0.2, 0.25) is 0 Å². The molecule has 1 atom stereocenters. The predicted molar refractivity (Wildman–Crippen MR) is 94.8 cm³/mol. The molecule has 1 amide bonds. The van der Waals surface area contributed by atoms with Crippen LogP contribution in [-0.2, 0) is 9.53 Å². The summed E-state index contributed by atoms with van der Waals surface area (Å²) in [7, 11) is 1.21. The number of allylic oxidation sites excluding steroid dienone is 2. The Morgan fingerprint density at radius 3 is 2.48 bits per heavy atom. The van der Waals surface area contributed by atoms with Crippen LogP contribution < -0.4 is 5.32 Å². The molecule has 25 heavy (non-hydrogen) atoms. The molecular formula is C20H23NO4. The fraction of sp³-hybridized carbons (Fsp3) is 0.400.